The normalized spacial score (nSPS) is 30.5. The summed E-state index contributed by atoms with van der Waals surface area (Å²) in [7, 11) is 0. The van der Waals surface area contributed by atoms with E-state index in [1.165, 1.54) is 6.42 Å². The lowest BCUT2D eigenvalue weighted by Gasteiger charge is -2.29. The number of esters is 1. The Hall–Kier alpha value is -1.59. The largest absolute Gasteiger partial charge is 0.455 e. The van der Waals surface area contributed by atoms with Gasteiger partial charge in [-0.25, -0.2) is 0 Å². The molecule has 3 atom stereocenters. The van der Waals surface area contributed by atoms with E-state index in [2.05, 4.69) is 12.2 Å². The smallest absolute Gasteiger partial charge is 0.311 e. The number of hydrogen-bond donors (Lipinski definition) is 1. The van der Waals surface area contributed by atoms with Gasteiger partial charge >= 0.3 is 5.97 Å². The molecule has 0 aromatic carbocycles. The van der Waals surface area contributed by atoms with E-state index in [9.17, 15) is 14.4 Å². The minimum absolute atomic E-state index is 0.0503. The van der Waals surface area contributed by atoms with Gasteiger partial charge in [0.05, 0.1) is 5.92 Å². The van der Waals surface area contributed by atoms with Gasteiger partial charge < -0.3 is 15.0 Å². The third kappa shape index (κ3) is 4.53. The predicted molar refractivity (Wildman–Crippen MR) is 92.6 cm³/mol. The van der Waals surface area contributed by atoms with Gasteiger partial charge in [-0.3, -0.25) is 14.4 Å². The maximum absolute atomic E-state index is 12.2. The molecule has 1 N–H and O–H groups in total. The molecule has 1 saturated heterocycles. The van der Waals surface area contributed by atoms with Crippen LogP contribution in [-0.4, -0.2) is 47.9 Å². The molecule has 0 spiro atoms. The van der Waals surface area contributed by atoms with Gasteiger partial charge in [0.15, 0.2) is 6.61 Å². The van der Waals surface area contributed by atoms with Gasteiger partial charge in [0, 0.05) is 25.0 Å². The van der Waals surface area contributed by atoms with E-state index >= 15 is 0 Å². The first-order valence-electron chi connectivity index (χ1n) is 9.80. The summed E-state index contributed by atoms with van der Waals surface area (Å²) in [4.78, 5) is 38.3. The highest BCUT2D eigenvalue weighted by molar-refractivity contribution is 5.88. The zero-order valence-corrected chi connectivity index (χ0v) is 15.2. The summed E-state index contributed by atoms with van der Waals surface area (Å²) in [5.41, 5.74) is 0. The van der Waals surface area contributed by atoms with Crippen LogP contribution >= 0.6 is 0 Å². The van der Waals surface area contributed by atoms with Gasteiger partial charge in [-0.2, -0.15) is 0 Å². The van der Waals surface area contributed by atoms with E-state index in [0.29, 0.717) is 18.5 Å². The summed E-state index contributed by atoms with van der Waals surface area (Å²) in [5, 5.41) is 2.98. The van der Waals surface area contributed by atoms with Crippen LogP contribution in [0.3, 0.4) is 0 Å². The van der Waals surface area contributed by atoms with Crippen molar-refractivity contribution in [1.82, 2.24) is 10.2 Å². The first-order valence-corrected chi connectivity index (χ1v) is 9.80. The molecule has 2 aliphatic carbocycles. The second-order valence-electron chi connectivity index (χ2n) is 7.93. The van der Waals surface area contributed by atoms with Gasteiger partial charge in [-0.05, 0) is 31.6 Å². The van der Waals surface area contributed by atoms with Crippen molar-refractivity contribution in [2.75, 3.05) is 13.2 Å². The van der Waals surface area contributed by atoms with E-state index in [1.54, 1.807) is 0 Å². The maximum atomic E-state index is 12.2. The molecule has 2 saturated carbocycles. The van der Waals surface area contributed by atoms with Gasteiger partial charge in [-0.1, -0.05) is 32.6 Å². The average molecular weight is 350 g/mol. The van der Waals surface area contributed by atoms with Crippen LogP contribution < -0.4 is 5.32 Å². The van der Waals surface area contributed by atoms with Crippen LogP contribution in [-0.2, 0) is 19.1 Å². The lowest BCUT2D eigenvalue weighted by molar-refractivity contribution is -0.152. The second kappa shape index (κ2) is 8.19. The molecule has 0 bridgehead atoms. The zero-order chi connectivity index (χ0) is 17.8. The highest BCUT2D eigenvalue weighted by atomic mass is 16.5. The summed E-state index contributed by atoms with van der Waals surface area (Å²) in [6.07, 6.45) is 9.08. The zero-order valence-electron chi connectivity index (χ0n) is 15.2. The molecule has 2 amide bonds. The van der Waals surface area contributed by atoms with Crippen LogP contribution in [0.25, 0.3) is 0 Å². The summed E-state index contributed by atoms with van der Waals surface area (Å²) in [6, 6.07) is 0.479. The third-order valence-electron chi connectivity index (χ3n) is 6.06. The van der Waals surface area contributed by atoms with E-state index in [1.807, 2.05) is 4.90 Å². The topological polar surface area (TPSA) is 75.7 Å². The molecule has 6 heteroatoms. The molecule has 3 aliphatic rings. The van der Waals surface area contributed by atoms with Crippen molar-refractivity contribution < 1.29 is 19.1 Å². The predicted octanol–water partition coefficient (Wildman–Crippen LogP) is 2.02. The fourth-order valence-corrected chi connectivity index (χ4v) is 4.49. The van der Waals surface area contributed by atoms with E-state index in [4.69, 9.17) is 4.74 Å². The maximum Gasteiger partial charge on any atom is 0.311 e. The van der Waals surface area contributed by atoms with E-state index in [0.717, 1.165) is 44.9 Å². The van der Waals surface area contributed by atoms with Crippen LogP contribution in [0.15, 0.2) is 0 Å². The molecule has 3 fully saturated rings. The number of hydrogen-bond acceptors (Lipinski definition) is 4. The van der Waals surface area contributed by atoms with Crippen molar-refractivity contribution in [1.29, 1.82) is 0 Å². The molecule has 0 aromatic rings. The SMILES string of the molecule is C[C@H]1CCCC[C@H]1NC(=O)COC(=O)[C@@H]1CC(=O)N(C2CCCC2)C1. The Morgan fingerprint density at radius 1 is 1.12 bits per heavy atom. The molecular formula is C19H30N2O4. The van der Waals surface area contributed by atoms with Gasteiger partial charge in [-0.15, -0.1) is 0 Å². The molecule has 0 radical (unpaired) electrons. The fourth-order valence-electron chi connectivity index (χ4n) is 4.49. The lowest BCUT2D eigenvalue weighted by Crippen LogP contribution is -2.43. The van der Waals surface area contributed by atoms with Crippen molar-refractivity contribution in [3.8, 4) is 0 Å². The molecule has 0 aromatic heterocycles. The fraction of sp³-hybridized carbons (Fsp3) is 0.842. The number of likely N-dealkylation sites (tertiary alicyclic amines) is 1. The van der Waals surface area contributed by atoms with Crippen molar-refractivity contribution in [2.24, 2.45) is 11.8 Å². The molecule has 1 heterocycles. The highest BCUT2D eigenvalue weighted by Crippen LogP contribution is 2.30. The quantitative estimate of drug-likeness (QED) is 0.770. The summed E-state index contributed by atoms with van der Waals surface area (Å²) < 4.78 is 5.19. The number of nitrogens with one attached hydrogen (secondary N) is 1. The lowest BCUT2D eigenvalue weighted by atomic mass is 9.86. The van der Waals surface area contributed by atoms with Crippen LogP contribution in [0.4, 0.5) is 0 Å². The van der Waals surface area contributed by atoms with E-state index in [-0.39, 0.29) is 30.9 Å². The van der Waals surface area contributed by atoms with Crippen molar-refractivity contribution in [3.05, 3.63) is 0 Å². The Kier molecular flexibility index (Phi) is 5.97. The summed E-state index contributed by atoms with van der Waals surface area (Å²) in [6.45, 7) is 2.36. The molecule has 3 rings (SSSR count). The minimum atomic E-state index is -0.422. The number of carbonyl (C=O) groups is 3. The Bertz CT molecular complexity index is 516. The Morgan fingerprint density at radius 3 is 2.52 bits per heavy atom. The van der Waals surface area contributed by atoms with Crippen LogP contribution in [0.1, 0.15) is 64.7 Å². The monoisotopic (exact) mass is 350 g/mol. The molecular weight excluding hydrogens is 320 g/mol. The first kappa shape index (κ1) is 18.2. The van der Waals surface area contributed by atoms with Crippen molar-refractivity contribution >= 4 is 17.8 Å². The third-order valence-corrected chi connectivity index (χ3v) is 6.06. The Morgan fingerprint density at radius 2 is 1.80 bits per heavy atom. The second-order valence-corrected chi connectivity index (χ2v) is 7.93. The number of rotatable bonds is 5. The Labute approximate surface area is 149 Å². The summed E-state index contributed by atoms with van der Waals surface area (Å²) in [5.74, 6) is -0.547. The van der Waals surface area contributed by atoms with Gasteiger partial charge in [0.2, 0.25) is 5.91 Å². The summed E-state index contributed by atoms with van der Waals surface area (Å²) >= 11 is 0. The number of nitrogens with zero attached hydrogens (tertiary/aromatic N) is 1. The minimum Gasteiger partial charge on any atom is -0.455 e. The molecule has 25 heavy (non-hydrogen) atoms. The molecule has 6 nitrogen and oxygen atoms in total. The van der Waals surface area contributed by atoms with Crippen molar-refractivity contribution in [2.45, 2.75) is 76.8 Å². The molecule has 1 aliphatic heterocycles. The number of ether oxygens (including phenoxy) is 1. The Balaban J connectivity index is 1.41. The number of amides is 2. The van der Waals surface area contributed by atoms with Crippen LogP contribution in [0.2, 0.25) is 0 Å². The van der Waals surface area contributed by atoms with Crippen LogP contribution in [0.5, 0.6) is 0 Å². The molecule has 0 unspecified atom stereocenters. The van der Waals surface area contributed by atoms with E-state index < -0.39 is 11.9 Å². The standard InChI is InChI=1S/C19H30N2O4/c1-13-6-2-5-9-16(13)20-17(22)12-25-19(24)14-10-18(23)21(11-14)15-7-3-4-8-15/h13-16H,2-12H2,1H3,(H,20,22)/t13-,14+,16+/m0/s1. The molecule has 140 valence electrons. The van der Waals surface area contributed by atoms with Crippen molar-refractivity contribution in [3.63, 3.8) is 0 Å². The highest BCUT2D eigenvalue weighted by Gasteiger charge is 2.39. The number of carbonyl (C=O) groups excluding carboxylic acids is 3. The first-order chi connectivity index (χ1) is 12.0. The average Bonchev–Trinajstić information content (AvgIpc) is 3.24. The van der Waals surface area contributed by atoms with Crippen LogP contribution in [0, 0.1) is 11.8 Å². The van der Waals surface area contributed by atoms with Gasteiger partial charge in [0.25, 0.3) is 5.91 Å². The van der Waals surface area contributed by atoms with Gasteiger partial charge in [0.1, 0.15) is 0 Å².